The van der Waals surface area contributed by atoms with E-state index >= 15 is 0 Å². The number of rotatable bonds is 5. The van der Waals surface area contributed by atoms with Crippen molar-refractivity contribution >= 4 is 17.7 Å². The van der Waals surface area contributed by atoms with Gasteiger partial charge in [-0.05, 0) is 30.8 Å². The van der Waals surface area contributed by atoms with Gasteiger partial charge in [0, 0.05) is 4.90 Å². The normalized spacial score (nSPS) is 11.2. The first kappa shape index (κ1) is 18.0. The minimum atomic E-state index is -4.78. The molecule has 0 N–H and O–H groups in total. The summed E-state index contributed by atoms with van der Waals surface area (Å²) in [5.74, 6) is -1.79. The fourth-order valence-corrected chi connectivity index (χ4v) is 2.14. The second-order valence-electron chi connectivity index (χ2n) is 3.61. The smallest absolute Gasteiger partial charge is 0.446 e. The molecule has 0 aliphatic carbocycles. The van der Waals surface area contributed by atoms with Gasteiger partial charge in [0.15, 0.2) is 0 Å². The summed E-state index contributed by atoms with van der Waals surface area (Å²) < 4.78 is 70.6. The summed E-state index contributed by atoms with van der Waals surface area (Å²) in [6.07, 6.45) is 0. The number of nitrogens with zero attached hydrogens (tertiary/aromatic N) is 1. The molecule has 22 heavy (non-hydrogen) atoms. The number of benzene rings is 1. The van der Waals surface area contributed by atoms with Gasteiger partial charge in [-0.3, -0.25) is 0 Å². The Balaban J connectivity index is 3.44. The van der Waals surface area contributed by atoms with Crippen LogP contribution in [0.5, 0.6) is 5.75 Å². The van der Waals surface area contributed by atoms with Gasteiger partial charge in [0.05, 0.1) is 17.7 Å². The van der Waals surface area contributed by atoms with Crippen molar-refractivity contribution in [1.82, 2.24) is 0 Å². The summed E-state index contributed by atoms with van der Waals surface area (Å²) in [7, 11) is 0. The Morgan fingerprint density at radius 2 is 2.05 bits per heavy atom. The predicted molar refractivity (Wildman–Crippen MR) is 65.7 cm³/mol. The summed E-state index contributed by atoms with van der Waals surface area (Å²) in [5, 5.41) is 8.88. The number of hydrogen-bond acceptors (Lipinski definition) is 5. The molecule has 0 fully saturated rings. The molecule has 0 unspecified atom stereocenters. The summed E-state index contributed by atoms with van der Waals surface area (Å²) >= 11 is -0.706. The maximum Gasteiger partial charge on any atom is 0.446 e. The highest BCUT2D eigenvalue weighted by molar-refractivity contribution is 8.00. The second kappa shape index (κ2) is 7.31. The molecule has 0 aliphatic heterocycles. The molecule has 1 aromatic carbocycles. The van der Waals surface area contributed by atoms with E-state index in [9.17, 15) is 26.7 Å². The summed E-state index contributed by atoms with van der Waals surface area (Å²) in [6, 6.07) is 2.79. The number of esters is 1. The van der Waals surface area contributed by atoms with Crippen LogP contribution in [-0.2, 0) is 4.74 Å². The maximum absolute atomic E-state index is 12.5. The van der Waals surface area contributed by atoms with Gasteiger partial charge in [-0.1, -0.05) is 0 Å². The summed E-state index contributed by atoms with van der Waals surface area (Å²) in [5.41, 5.74) is -6.07. The molecule has 120 valence electrons. The number of ether oxygens (including phenoxy) is 2. The molecule has 0 amide bonds. The van der Waals surface area contributed by atoms with Crippen molar-refractivity contribution in [1.29, 1.82) is 5.26 Å². The average Bonchev–Trinajstić information content (AvgIpc) is 2.38. The Kier molecular flexibility index (Phi) is 5.99. The van der Waals surface area contributed by atoms with Crippen LogP contribution in [0.15, 0.2) is 17.0 Å². The predicted octanol–water partition coefficient (Wildman–Crippen LogP) is 3.95. The lowest BCUT2D eigenvalue weighted by Gasteiger charge is -2.14. The molecule has 10 heteroatoms. The molecule has 0 heterocycles. The third kappa shape index (κ3) is 5.07. The molecule has 0 atom stereocenters. The topological polar surface area (TPSA) is 59.3 Å². The van der Waals surface area contributed by atoms with Crippen LogP contribution in [-0.4, -0.2) is 24.7 Å². The van der Waals surface area contributed by atoms with E-state index in [4.69, 9.17) is 5.26 Å². The van der Waals surface area contributed by atoms with E-state index in [2.05, 4.69) is 9.47 Å². The molecule has 0 bridgehead atoms. The second-order valence-corrected chi connectivity index (χ2v) is 4.68. The standard InChI is InChI=1S/C12H8F5NO3S/c1-2-20-10(19)8-4-7(21-11(13)14)3-6(5-18)9(8)22-12(15,16)17/h3-4,11H,2H2,1H3. The first-order chi connectivity index (χ1) is 10.2. The number of nitriles is 1. The molecule has 0 aromatic heterocycles. The molecule has 4 nitrogen and oxygen atoms in total. The van der Waals surface area contributed by atoms with E-state index in [0.29, 0.717) is 12.1 Å². The highest BCUT2D eigenvalue weighted by Gasteiger charge is 2.34. The van der Waals surface area contributed by atoms with Gasteiger partial charge in [0.25, 0.3) is 0 Å². The third-order valence-electron chi connectivity index (χ3n) is 2.12. The Hall–Kier alpha value is -2.02. The molecular formula is C12H8F5NO3S. The van der Waals surface area contributed by atoms with Crippen molar-refractivity contribution in [3.63, 3.8) is 0 Å². The molecule has 0 radical (unpaired) electrons. The minimum absolute atomic E-state index is 0.142. The Bertz CT molecular complexity index is 598. The first-order valence-corrected chi connectivity index (χ1v) is 6.45. The van der Waals surface area contributed by atoms with E-state index in [1.807, 2.05) is 0 Å². The van der Waals surface area contributed by atoms with E-state index in [1.165, 1.54) is 13.0 Å². The van der Waals surface area contributed by atoms with E-state index < -0.39 is 51.6 Å². The zero-order valence-electron chi connectivity index (χ0n) is 10.9. The number of carbonyl (C=O) groups excluding carboxylic acids is 1. The van der Waals surface area contributed by atoms with Gasteiger partial charge < -0.3 is 9.47 Å². The number of alkyl halides is 5. The van der Waals surface area contributed by atoms with Crippen molar-refractivity contribution in [2.45, 2.75) is 23.9 Å². The van der Waals surface area contributed by atoms with Gasteiger partial charge in [0.1, 0.15) is 11.8 Å². The number of hydrogen-bond donors (Lipinski definition) is 0. The van der Waals surface area contributed by atoms with E-state index in [0.717, 1.165) is 0 Å². The van der Waals surface area contributed by atoms with Crippen LogP contribution in [0, 0.1) is 11.3 Å². The molecule has 0 aliphatic rings. The summed E-state index contributed by atoms with van der Waals surface area (Å²) in [6.45, 7) is -1.99. The van der Waals surface area contributed by atoms with Gasteiger partial charge in [-0.15, -0.1) is 0 Å². The van der Waals surface area contributed by atoms with Crippen LogP contribution in [0.1, 0.15) is 22.8 Å². The summed E-state index contributed by atoms with van der Waals surface area (Å²) in [4.78, 5) is 11.0. The van der Waals surface area contributed by atoms with E-state index in [1.54, 1.807) is 0 Å². The Morgan fingerprint density at radius 1 is 1.41 bits per heavy atom. The highest BCUT2D eigenvalue weighted by Crippen LogP contribution is 2.42. The zero-order chi connectivity index (χ0) is 16.9. The SMILES string of the molecule is CCOC(=O)c1cc(OC(F)F)cc(C#N)c1SC(F)(F)F. The molecule has 1 aromatic rings. The fourth-order valence-electron chi connectivity index (χ4n) is 1.44. The Morgan fingerprint density at radius 3 is 2.50 bits per heavy atom. The highest BCUT2D eigenvalue weighted by atomic mass is 32.2. The molecule has 0 saturated carbocycles. The van der Waals surface area contributed by atoms with Crippen LogP contribution in [0.2, 0.25) is 0 Å². The van der Waals surface area contributed by atoms with Gasteiger partial charge in [0.2, 0.25) is 0 Å². The fraction of sp³-hybridized carbons (Fsp3) is 0.333. The molecule has 0 saturated heterocycles. The number of carbonyl (C=O) groups is 1. The van der Waals surface area contributed by atoms with Crippen LogP contribution in [0.4, 0.5) is 22.0 Å². The molecular weight excluding hydrogens is 333 g/mol. The van der Waals surface area contributed by atoms with Crippen LogP contribution in [0.3, 0.4) is 0 Å². The number of halogens is 5. The zero-order valence-corrected chi connectivity index (χ0v) is 11.7. The molecule has 0 spiro atoms. The monoisotopic (exact) mass is 341 g/mol. The van der Waals surface area contributed by atoms with Crippen molar-refractivity contribution < 1.29 is 36.2 Å². The lowest BCUT2D eigenvalue weighted by Crippen LogP contribution is -2.11. The van der Waals surface area contributed by atoms with Crippen LogP contribution in [0.25, 0.3) is 0 Å². The first-order valence-electron chi connectivity index (χ1n) is 5.63. The largest absolute Gasteiger partial charge is 0.462 e. The lowest BCUT2D eigenvalue weighted by atomic mass is 10.1. The van der Waals surface area contributed by atoms with Crippen molar-refractivity contribution in [2.75, 3.05) is 6.61 Å². The maximum atomic E-state index is 12.5. The lowest BCUT2D eigenvalue weighted by molar-refractivity contribution is -0.0500. The van der Waals surface area contributed by atoms with Crippen LogP contribution < -0.4 is 4.74 Å². The van der Waals surface area contributed by atoms with E-state index in [-0.39, 0.29) is 6.61 Å². The minimum Gasteiger partial charge on any atom is -0.462 e. The van der Waals surface area contributed by atoms with Crippen LogP contribution >= 0.6 is 11.8 Å². The van der Waals surface area contributed by atoms with Gasteiger partial charge in [-0.2, -0.15) is 27.2 Å². The van der Waals surface area contributed by atoms with Crippen molar-refractivity contribution in [3.05, 3.63) is 23.3 Å². The number of thioether (sulfide) groups is 1. The molecule has 1 rings (SSSR count). The average molecular weight is 341 g/mol. The third-order valence-corrected chi connectivity index (χ3v) is 3.00. The van der Waals surface area contributed by atoms with Gasteiger partial charge >= 0.3 is 18.1 Å². The quantitative estimate of drug-likeness (QED) is 0.461. The Labute approximate surface area is 125 Å². The van der Waals surface area contributed by atoms with Gasteiger partial charge in [-0.25, -0.2) is 4.79 Å². The van der Waals surface area contributed by atoms with Crippen molar-refractivity contribution in [3.8, 4) is 11.8 Å². The van der Waals surface area contributed by atoms with Crippen molar-refractivity contribution in [2.24, 2.45) is 0 Å².